The maximum atomic E-state index is 8.48. The zero-order chi connectivity index (χ0) is 14.2. The molecule has 0 aliphatic heterocycles. The van der Waals surface area contributed by atoms with Crippen molar-refractivity contribution in [2.24, 2.45) is 0 Å². The summed E-state index contributed by atoms with van der Waals surface area (Å²) in [7, 11) is 0. The van der Waals surface area contributed by atoms with Crippen LogP contribution < -0.4 is 5.36 Å². The van der Waals surface area contributed by atoms with E-state index in [0.29, 0.717) is 5.36 Å². The standard InChI is InChI=1S/C19H14N2/c20-19-15-10-4-6-12-17(15)21(14-8-2-1-3-9-14)18-13-7-5-11-16(18)19/h1-13,20H. The van der Waals surface area contributed by atoms with Crippen LogP contribution in [0.2, 0.25) is 0 Å². The molecule has 0 radical (unpaired) electrons. The van der Waals surface area contributed by atoms with E-state index in [1.807, 2.05) is 54.6 Å². The maximum absolute atomic E-state index is 8.48. The second kappa shape index (κ2) is 4.60. The van der Waals surface area contributed by atoms with Gasteiger partial charge in [0.25, 0.3) is 0 Å². The van der Waals surface area contributed by atoms with Crippen LogP contribution in [0, 0.1) is 5.41 Å². The van der Waals surface area contributed by atoms with Crippen molar-refractivity contribution in [2.75, 3.05) is 0 Å². The van der Waals surface area contributed by atoms with E-state index < -0.39 is 0 Å². The van der Waals surface area contributed by atoms with Crippen LogP contribution in [-0.2, 0) is 0 Å². The molecule has 0 spiro atoms. The first kappa shape index (κ1) is 11.9. The molecule has 21 heavy (non-hydrogen) atoms. The number of pyridine rings is 1. The fourth-order valence-corrected chi connectivity index (χ4v) is 2.89. The third kappa shape index (κ3) is 1.77. The zero-order valence-corrected chi connectivity index (χ0v) is 11.5. The predicted molar refractivity (Wildman–Crippen MR) is 86.6 cm³/mol. The third-order valence-electron chi connectivity index (χ3n) is 3.84. The van der Waals surface area contributed by atoms with Crippen LogP contribution in [0.15, 0.2) is 78.9 Å². The smallest absolute Gasteiger partial charge is 0.0726 e. The molecule has 1 aromatic heterocycles. The molecule has 0 fully saturated rings. The van der Waals surface area contributed by atoms with Gasteiger partial charge in [-0.05, 0) is 24.3 Å². The van der Waals surface area contributed by atoms with Crippen LogP contribution in [0.4, 0.5) is 0 Å². The fourth-order valence-electron chi connectivity index (χ4n) is 2.89. The lowest BCUT2D eigenvalue weighted by atomic mass is 10.1. The Morgan fingerprint density at radius 3 is 1.62 bits per heavy atom. The summed E-state index contributed by atoms with van der Waals surface area (Å²) in [6.07, 6.45) is 0. The van der Waals surface area contributed by atoms with Crippen molar-refractivity contribution in [1.29, 1.82) is 5.41 Å². The molecule has 100 valence electrons. The molecule has 0 bridgehead atoms. The van der Waals surface area contributed by atoms with Gasteiger partial charge in [-0.1, -0.05) is 54.6 Å². The Hall–Kier alpha value is -2.87. The Bertz CT molecular complexity index is 938. The van der Waals surface area contributed by atoms with Gasteiger partial charge in [0.05, 0.1) is 16.4 Å². The number of para-hydroxylation sites is 3. The minimum absolute atomic E-state index is 0.591. The van der Waals surface area contributed by atoms with Crippen molar-refractivity contribution in [3.63, 3.8) is 0 Å². The van der Waals surface area contributed by atoms with Crippen LogP contribution in [0.25, 0.3) is 27.5 Å². The first-order chi connectivity index (χ1) is 10.4. The Labute approximate surface area is 122 Å². The number of fused-ring (bicyclic) bond motifs is 2. The molecule has 0 atom stereocenters. The van der Waals surface area contributed by atoms with Crippen molar-refractivity contribution in [2.45, 2.75) is 0 Å². The number of benzene rings is 3. The third-order valence-corrected chi connectivity index (χ3v) is 3.84. The quantitative estimate of drug-likeness (QED) is 0.501. The van der Waals surface area contributed by atoms with Crippen molar-refractivity contribution < 1.29 is 0 Å². The van der Waals surface area contributed by atoms with Crippen molar-refractivity contribution >= 4 is 21.8 Å². The molecule has 2 nitrogen and oxygen atoms in total. The topological polar surface area (TPSA) is 28.8 Å². The molecule has 0 unspecified atom stereocenters. The van der Waals surface area contributed by atoms with Gasteiger partial charge >= 0.3 is 0 Å². The first-order valence-corrected chi connectivity index (χ1v) is 6.99. The highest BCUT2D eigenvalue weighted by Crippen LogP contribution is 2.23. The van der Waals surface area contributed by atoms with Gasteiger partial charge in [0, 0.05) is 16.5 Å². The maximum Gasteiger partial charge on any atom is 0.0726 e. The van der Waals surface area contributed by atoms with Gasteiger partial charge in [-0.3, -0.25) is 5.41 Å². The highest BCUT2D eigenvalue weighted by atomic mass is 15.0. The van der Waals surface area contributed by atoms with E-state index in [0.717, 1.165) is 27.5 Å². The Morgan fingerprint density at radius 2 is 1.05 bits per heavy atom. The molecule has 2 heteroatoms. The highest BCUT2D eigenvalue weighted by molar-refractivity contribution is 5.94. The molecule has 3 aromatic carbocycles. The number of rotatable bonds is 1. The van der Waals surface area contributed by atoms with E-state index in [2.05, 4.69) is 28.8 Å². The van der Waals surface area contributed by atoms with Crippen LogP contribution in [0.3, 0.4) is 0 Å². The van der Waals surface area contributed by atoms with E-state index in [1.165, 1.54) is 0 Å². The van der Waals surface area contributed by atoms with Crippen LogP contribution >= 0.6 is 0 Å². The van der Waals surface area contributed by atoms with Crippen molar-refractivity contribution in [3.05, 3.63) is 84.2 Å². The number of hydrogen-bond donors (Lipinski definition) is 1. The van der Waals surface area contributed by atoms with Gasteiger partial charge in [-0.2, -0.15) is 0 Å². The SMILES string of the molecule is N=c1c2ccccc2n(-c2ccccc2)c2ccccc12. The molecule has 1 N–H and O–H groups in total. The number of nitrogens with zero attached hydrogens (tertiary/aromatic N) is 1. The molecule has 0 amide bonds. The Kier molecular flexibility index (Phi) is 2.61. The monoisotopic (exact) mass is 270 g/mol. The summed E-state index contributed by atoms with van der Waals surface area (Å²) in [4.78, 5) is 0. The van der Waals surface area contributed by atoms with E-state index in [4.69, 9.17) is 5.41 Å². The summed E-state index contributed by atoms with van der Waals surface area (Å²) in [5.74, 6) is 0. The fraction of sp³-hybridized carbons (Fsp3) is 0. The van der Waals surface area contributed by atoms with Gasteiger partial charge in [-0.15, -0.1) is 0 Å². The first-order valence-electron chi connectivity index (χ1n) is 6.99. The lowest BCUT2D eigenvalue weighted by molar-refractivity contribution is 1.15. The zero-order valence-electron chi connectivity index (χ0n) is 11.5. The van der Waals surface area contributed by atoms with Gasteiger partial charge in [-0.25, -0.2) is 0 Å². The largest absolute Gasteiger partial charge is 0.309 e. The molecule has 1 heterocycles. The van der Waals surface area contributed by atoms with E-state index >= 15 is 0 Å². The predicted octanol–water partition coefficient (Wildman–Crippen LogP) is 4.26. The second-order valence-corrected chi connectivity index (χ2v) is 5.08. The summed E-state index contributed by atoms with van der Waals surface area (Å²) < 4.78 is 2.22. The summed E-state index contributed by atoms with van der Waals surface area (Å²) in [5.41, 5.74) is 3.24. The summed E-state index contributed by atoms with van der Waals surface area (Å²) in [5, 5.41) is 11.0. The van der Waals surface area contributed by atoms with Gasteiger partial charge in [0.15, 0.2) is 0 Å². The average Bonchev–Trinajstić information content (AvgIpc) is 2.56. The molecule has 4 aromatic rings. The molecule has 0 saturated heterocycles. The van der Waals surface area contributed by atoms with Crippen molar-refractivity contribution in [3.8, 4) is 5.69 Å². The van der Waals surface area contributed by atoms with E-state index in [-0.39, 0.29) is 0 Å². The van der Waals surface area contributed by atoms with Crippen LogP contribution in [0.1, 0.15) is 0 Å². The van der Waals surface area contributed by atoms with E-state index in [1.54, 1.807) is 0 Å². The van der Waals surface area contributed by atoms with Crippen LogP contribution in [0.5, 0.6) is 0 Å². The Balaban J connectivity index is 2.31. The van der Waals surface area contributed by atoms with E-state index in [9.17, 15) is 0 Å². The number of hydrogen-bond acceptors (Lipinski definition) is 1. The lowest BCUT2D eigenvalue weighted by Gasteiger charge is -2.15. The van der Waals surface area contributed by atoms with Gasteiger partial charge in [0.2, 0.25) is 0 Å². The normalized spacial score (nSPS) is 11.0. The number of nitrogens with one attached hydrogen (secondary N) is 1. The summed E-state index contributed by atoms with van der Waals surface area (Å²) in [6.45, 7) is 0. The van der Waals surface area contributed by atoms with Crippen LogP contribution in [-0.4, -0.2) is 4.57 Å². The second-order valence-electron chi connectivity index (χ2n) is 5.08. The molecule has 0 aliphatic carbocycles. The molecular formula is C19H14N2. The summed E-state index contributed by atoms with van der Waals surface area (Å²) >= 11 is 0. The minimum Gasteiger partial charge on any atom is -0.309 e. The number of aromatic nitrogens is 1. The molecular weight excluding hydrogens is 256 g/mol. The van der Waals surface area contributed by atoms with Gasteiger partial charge < -0.3 is 4.57 Å². The molecule has 4 rings (SSSR count). The average molecular weight is 270 g/mol. The van der Waals surface area contributed by atoms with Crippen molar-refractivity contribution in [1.82, 2.24) is 4.57 Å². The molecule has 0 aliphatic rings. The Morgan fingerprint density at radius 1 is 0.571 bits per heavy atom. The highest BCUT2D eigenvalue weighted by Gasteiger charge is 2.08. The molecule has 0 saturated carbocycles. The van der Waals surface area contributed by atoms with Gasteiger partial charge in [0.1, 0.15) is 0 Å². The lowest BCUT2D eigenvalue weighted by Crippen LogP contribution is -2.10. The summed E-state index contributed by atoms with van der Waals surface area (Å²) in [6, 6.07) is 26.5. The minimum atomic E-state index is 0.591.